The van der Waals surface area contributed by atoms with Crippen LogP contribution in [0.1, 0.15) is 20.8 Å². The molecule has 0 radical (unpaired) electrons. The van der Waals surface area contributed by atoms with Gasteiger partial charge >= 0.3 is 0 Å². The fraction of sp³-hybridized carbons (Fsp3) is 0.273. The van der Waals surface area contributed by atoms with E-state index in [0.29, 0.717) is 0 Å². The molecule has 0 aromatic rings. The second kappa shape index (κ2) is 7.07. The van der Waals surface area contributed by atoms with Gasteiger partial charge in [-0.3, -0.25) is 0 Å². The van der Waals surface area contributed by atoms with Crippen molar-refractivity contribution >= 4 is 0 Å². The third-order valence-corrected chi connectivity index (χ3v) is 1.21. The van der Waals surface area contributed by atoms with Gasteiger partial charge in [-0.15, -0.1) is 0 Å². The molecule has 0 unspecified atom stereocenters. The third-order valence-electron chi connectivity index (χ3n) is 1.21. The van der Waals surface area contributed by atoms with Gasteiger partial charge in [-0.25, -0.2) is 0 Å². The van der Waals surface area contributed by atoms with Crippen LogP contribution in [0, 0.1) is 0 Å². The molecule has 0 aromatic carbocycles. The maximum absolute atomic E-state index is 2.08. The lowest BCUT2D eigenvalue weighted by Crippen LogP contribution is -1.63. The Bertz CT molecular complexity index is 190. The summed E-state index contributed by atoms with van der Waals surface area (Å²) in [5, 5.41) is 0. The Balaban J connectivity index is 3.94. The highest BCUT2D eigenvalue weighted by atomic mass is 13.8. The summed E-state index contributed by atoms with van der Waals surface area (Å²) in [5.41, 5.74) is 1.27. The summed E-state index contributed by atoms with van der Waals surface area (Å²) in [5.74, 6) is 0. The lowest BCUT2D eigenvalue weighted by molar-refractivity contribution is 1.51. The van der Waals surface area contributed by atoms with Gasteiger partial charge in [-0.1, -0.05) is 48.1 Å². The van der Waals surface area contributed by atoms with Crippen LogP contribution in [0.2, 0.25) is 0 Å². The van der Waals surface area contributed by atoms with Crippen molar-refractivity contribution in [1.82, 2.24) is 0 Å². The predicted molar refractivity (Wildman–Crippen MR) is 52.5 cm³/mol. The van der Waals surface area contributed by atoms with Crippen molar-refractivity contribution in [3.63, 3.8) is 0 Å². The molecule has 0 spiro atoms. The molecular formula is C11H16. The van der Waals surface area contributed by atoms with Crippen molar-refractivity contribution in [3.8, 4) is 0 Å². The Labute approximate surface area is 69.6 Å². The van der Waals surface area contributed by atoms with E-state index >= 15 is 0 Å². The minimum atomic E-state index is 1.27. The average Bonchev–Trinajstić information content (AvgIpc) is 2.01. The van der Waals surface area contributed by atoms with Crippen molar-refractivity contribution in [2.45, 2.75) is 20.8 Å². The van der Waals surface area contributed by atoms with Crippen LogP contribution < -0.4 is 0 Å². The minimum Gasteiger partial charge on any atom is -0.0877 e. The molecule has 0 fully saturated rings. The molecule has 0 aliphatic heterocycles. The van der Waals surface area contributed by atoms with Crippen molar-refractivity contribution in [1.29, 1.82) is 0 Å². The maximum Gasteiger partial charge on any atom is -0.0398 e. The topological polar surface area (TPSA) is 0 Å². The van der Waals surface area contributed by atoms with E-state index in [4.69, 9.17) is 0 Å². The zero-order valence-electron chi connectivity index (χ0n) is 7.54. The summed E-state index contributed by atoms with van der Waals surface area (Å²) < 4.78 is 0. The molecular weight excluding hydrogens is 132 g/mol. The first kappa shape index (κ1) is 9.96. The second-order valence-electron chi connectivity index (χ2n) is 2.32. The van der Waals surface area contributed by atoms with E-state index in [9.17, 15) is 0 Å². The molecule has 0 rings (SSSR count). The number of allylic oxidation sites excluding steroid dienone is 8. The second-order valence-corrected chi connectivity index (χ2v) is 2.32. The zero-order valence-corrected chi connectivity index (χ0v) is 7.54. The normalized spacial score (nSPS) is 14.3. The molecule has 0 nitrogen and oxygen atoms in total. The molecule has 0 N–H and O–H groups in total. The van der Waals surface area contributed by atoms with Gasteiger partial charge in [0.15, 0.2) is 0 Å². The molecule has 0 saturated heterocycles. The summed E-state index contributed by atoms with van der Waals surface area (Å²) in [6, 6.07) is 0. The van der Waals surface area contributed by atoms with Gasteiger partial charge in [-0.05, 0) is 20.8 Å². The van der Waals surface area contributed by atoms with E-state index in [0.717, 1.165) is 0 Å². The first-order valence-electron chi connectivity index (χ1n) is 3.90. The Morgan fingerprint density at radius 3 is 2.09 bits per heavy atom. The maximum atomic E-state index is 2.08. The van der Waals surface area contributed by atoms with Gasteiger partial charge in [0.25, 0.3) is 0 Å². The van der Waals surface area contributed by atoms with Crippen LogP contribution in [0.5, 0.6) is 0 Å². The molecule has 0 aliphatic carbocycles. The number of hydrogen-bond donors (Lipinski definition) is 0. The highest BCUT2D eigenvalue weighted by Gasteiger charge is 1.74. The lowest BCUT2D eigenvalue weighted by Gasteiger charge is -1.84. The van der Waals surface area contributed by atoms with Crippen molar-refractivity contribution in [2.75, 3.05) is 0 Å². The first-order valence-corrected chi connectivity index (χ1v) is 3.90. The highest BCUT2D eigenvalue weighted by molar-refractivity contribution is 5.23. The SMILES string of the molecule is C/C=C/C=C\C(C)=C/C=C/C. The van der Waals surface area contributed by atoms with Crippen LogP contribution >= 0.6 is 0 Å². The van der Waals surface area contributed by atoms with Gasteiger partial charge in [0.2, 0.25) is 0 Å². The van der Waals surface area contributed by atoms with E-state index < -0.39 is 0 Å². The van der Waals surface area contributed by atoms with Crippen LogP contribution in [-0.4, -0.2) is 0 Å². The smallest absolute Gasteiger partial charge is 0.0398 e. The van der Waals surface area contributed by atoms with Gasteiger partial charge < -0.3 is 0 Å². The third kappa shape index (κ3) is 6.85. The molecule has 60 valence electrons. The average molecular weight is 148 g/mol. The standard InChI is InChI=1S/C11H16/c1-4-6-8-10-11(3)9-7-5-2/h4-10H,1-3H3/b6-4+,7-5+,10-8-,11-9-. The number of rotatable bonds is 3. The van der Waals surface area contributed by atoms with Crippen molar-refractivity contribution in [3.05, 3.63) is 48.1 Å². The summed E-state index contributed by atoms with van der Waals surface area (Å²) in [6.45, 7) is 6.11. The van der Waals surface area contributed by atoms with Crippen molar-refractivity contribution in [2.24, 2.45) is 0 Å². The molecule has 0 aromatic heterocycles. The van der Waals surface area contributed by atoms with Crippen LogP contribution in [-0.2, 0) is 0 Å². The highest BCUT2D eigenvalue weighted by Crippen LogP contribution is 1.95. The fourth-order valence-corrected chi connectivity index (χ4v) is 0.622. The van der Waals surface area contributed by atoms with Crippen LogP contribution in [0.3, 0.4) is 0 Å². The predicted octanol–water partition coefficient (Wildman–Crippen LogP) is 3.64. The molecule has 0 heteroatoms. The first-order chi connectivity index (χ1) is 5.31. The zero-order chi connectivity index (χ0) is 8.53. The summed E-state index contributed by atoms with van der Waals surface area (Å²) in [7, 11) is 0. The van der Waals surface area contributed by atoms with E-state index in [-0.39, 0.29) is 0 Å². The molecule has 0 amide bonds. The Morgan fingerprint density at radius 1 is 0.909 bits per heavy atom. The van der Waals surface area contributed by atoms with E-state index in [1.165, 1.54) is 5.57 Å². The Kier molecular flexibility index (Phi) is 6.40. The molecule has 0 saturated carbocycles. The van der Waals surface area contributed by atoms with Crippen LogP contribution in [0.25, 0.3) is 0 Å². The van der Waals surface area contributed by atoms with Crippen molar-refractivity contribution < 1.29 is 0 Å². The molecule has 0 heterocycles. The minimum absolute atomic E-state index is 1.27. The van der Waals surface area contributed by atoms with Gasteiger partial charge in [0, 0.05) is 0 Å². The molecule has 0 atom stereocenters. The van der Waals surface area contributed by atoms with Crippen LogP contribution in [0.4, 0.5) is 0 Å². The lowest BCUT2D eigenvalue weighted by atomic mass is 10.2. The number of hydrogen-bond acceptors (Lipinski definition) is 0. The largest absolute Gasteiger partial charge is 0.0877 e. The van der Waals surface area contributed by atoms with Gasteiger partial charge in [0.05, 0.1) is 0 Å². The quantitative estimate of drug-likeness (QED) is 0.536. The van der Waals surface area contributed by atoms with Gasteiger partial charge in [-0.2, -0.15) is 0 Å². The van der Waals surface area contributed by atoms with Crippen LogP contribution in [0.15, 0.2) is 48.1 Å². The molecule has 0 aliphatic rings. The summed E-state index contributed by atoms with van der Waals surface area (Å²) in [6.07, 6.45) is 14.3. The van der Waals surface area contributed by atoms with E-state index in [1.54, 1.807) is 0 Å². The Hall–Kier alpha value is -1.04. The summed E-state index contributed by atoms with van der Waals surface area (Å²) >= 11 is 0. The monoisotopic (exact) mass is 148 g/mol. The summed E-state index contributed by atoms with van der Waals surface area (Å²) in [4.78, 5) is 0. The van der Waals surface area contributed by atoms with Gasteiger partial charge in [0.1, 0.15) is 0 Å². The molecule has 11 heavy (non-hydrogen) atoms. The van der Waals surface area contributed by atoms with E-state index in [1.807, 2.05) is 44.2 Å². The fourth-order valence-electron chi connectivity index (χ4n) is 0.622. The Morgan fingerprint density at radius 2 is 1.55 bits per heavy atom. The molecule has 0 bridgehead atoms. The van der Waals surface area contributed by atoms with E-state index in [2.05, 4.69) is 19.1 Å².